The maximum absolute atomic E-state index is 12.2. The number of carbonyl (C=O) groups is 1. The van der Waals surface area contributed by atoms with Crippen molar-refractivity contribution in [2.45, 2.75) is 72.1 Å². The Labute approximate surface area is 158 Å². The van der Waals surface area contributed by atoms with E-state index in [9.17, 15) is 4.79 Å². The number of unbranched alkanes of at least 4 members (excludes halogenated alkanes) is 3. The van der Waals surface area contributed by atoms with Gasteiger partial charge < -0.3 is 14.5 Å². The molecule has 0 rings (SSSR count). The Morgan fingerprint density at radius 2 is 1.23 bits per heavy atom. The van der Waals surface area contributed by atoms with Crippen LogP contribution in [0.5, 0.6) is 0 Å². The molecule has 0 amide bonds. The van der Waals surface area contributed by atoms with Gasteiger partial charge in [-0.25, -0.2) is 0 Å². The van der Waals surface area contributed by atoms with Gasteiger partial charge in [0.15, 0.2) is 0 Å². The van der Waals surface area contributed by atoms with Gasteiger partial charge in [-0.1, -0.05) is 40.0 Å². The highest BCUT2D eigenvalue weighted by molar-refractivity contribution is 5.72. The summed E-state index contributed by atoms with van der Waals surface area (Å²) in [5.41, 5.74) is 0. The number of carbonyl (C=O) groups excluding carboxylic acids is 1. The maximum Gasteiger partial charge on any atom is 0.309 e. The van der Waals surface area contributed by atoms with Gasteiger partial charge in [0.2, 0.25) is 0 Å². The number of esters is 1. The van der Waals surface area contributed by atoms with Crippen LogP contribution in [0.4, 0.5) is 0 Å². The minimum atomic E-state index is -0.294. The summed E-state index contributed by atoms with van der Waals surface area (Å²) in [6.45, 7) is 7.79. The smallest absolute Gasteiger partial charge is 0.309 e. The lowest BCUT2D eigenvalue weighted by molar-refractivity contribution is -0.249. The van der Waals surface area contributed by atoms with Crippen molar-refractivity contribution in [3.63, 3.8) is 0 Å². The van der Waals surface area contributed by atoms with E-state index >= 15 is 0 Å². The molecular weight excluding hydrogens is 336 g/mol. The lowest BCUT2D eigenvalue weighted by Crippen LogP contribution is -2.17. The summed E-state index contributed by atoms with van der Waals surface area (Å²) in [6.07, 6.45) is 13.3. The first-order valence-corrected chi connectivity index (χ1v) is 9.79. The van der Waals surface area contributed by atoms with Crippen LogP contribution in [0.25, 0.3) is 0 Å². The summed E-state index contributed by atoms with van der Waals surface area (Å²) in [5, 5.41) is 0. The second-order valence-electron chi connectivity index (χ2n) is 5.98. The van der Waals surface area contributed by atoms with Gasteiger partial charge in [0.1, 0.15) is 12.5 Å². The predicted molar refractivity (Wildman–Crippen MR) is 101 cm³/mol. The summed E-state index contributed by atoms with van der Waals surface area (Å²) in [7, 11) is 0. The van der Waals surface area contributed by atoms with Crippen LogP contribution in [0, 0.1) is 5.92 Å². The molecule has 0 aliphatic rings. The fourth-order valence-corrected chi connectivity index (χ4v) is 1.82. The molecule has 0 aliphatic heterocycles. The predicted octanol–water partition coefficient (Wildman–Crippen LogP) is 5.25. The quantitative estimate of drug-likeness (QED) is 0.108. The van der Waals surface area contributed by atoms with E-state index in [1.807, 2.05) is 0 Å². The summed E-state index contributed by atoms with van der Waals surface area (Å²) in [6, 6.07) is 0. The molecule has 0 spiro atoms. The van der Waals surface area contributed by atoms with Crippen LogP contribution in [0.2, 0.25) is 0 Å². The third-order valence-electron chi connectivity index (χ3n) is 3.52. The number of rotatable bonds is 18. The number of ether oxygens (including phenoxy) is 1. The highest BCUT2D eigenvalue weighted by Gasteiger charge is 2.17. The molecule has 6 heteroatoms. The first-order chi connectivity index (χ1) is 12.8. The molecule has 0 aromatic carbocycles. The van der Waals surface area contributed by atoms with Crippen molar-refractivity contribution in [3.8, 4) is 0 Å². The molecule has 0 saturated heterocycles. The molecule has 0 heterocycles. The molecule has 0 saturated carbocycles. The minimum absolute atomic E-state index is 0.216. The fourth-order valence-electron chi connectivity index (χ4n) is 1.82. The third kappa shape index (κ3) is 16.0. The zero-order chi connectivity index (χ0) is 19.3. The highest BCUT2D eigenvalue weighted by Crippen LogP contribution is 2.14. The molecule has 6 nitrogen and oxygen atoms in total. The van der Waals surface area contributed by atoms with Crippen LogP contribution >= 0.6 is 0 Å². The fraction of sp³-hybridized carbons (Fsp3) is 0.750. The van der Waals surface area contributed by atoms with Gasteiger partial charge in [0, 0.05) is 0 Å². The van der Waals surface area contributed by atoms with Crippen molar-refractivity contribution in [2.75, 3.05) is 19.8 Å². The van der Waals surface area contributed by atoms with E-state index in [4.69, 9.17) is 24.3 Å². The molecule has 0 N–H and O–H groups in total. The van der Waals surface area contributed by atoms with E-state index < -0.39 is 0 Å². The van der Waals surface area contributed by atoms with Gasteiger partial charge in [-0.3, -0.25) is 4.79 Å². The summed E-state index contributed by atoms with van der Waals surface area (Å²) < 4.78 is 5.31. The monoisotopic (exact) mass is 372 g/mol. The summed E-state index contributed by atoms with van der Waals surface area (Å²) >= 11 is 0. The standard InChI is InChI=1S/C20H36O6/c1-4-7-14-22-20(21)19(12-10-17-25-23-15-8-5-2)13-11-18-26-24-16-9-6-3/h10-11,17-19H,4-9,12-16H2,1-3H3/b17-10-,18-11+. The Bertz CT molecular complexity index is 343. The van der Waals surface area contributed by atoms with Crippen LogP contribution in [0.1, 0.15) is 72.1 Å². The topological polar surface area (TPSA) is 63.2 Å². The maximum atomic E-state index is 12.2. The zero-order valence-electron chi connectivity index (χ0n) is 16.6. The van der Waals surface area contributed by atoms with Crippen LogP contribution in [-0.4, -0.2) is 25.8 Å². The van der Waals surface area contributed by atoms with Crippen molar-refractivity contribution in [2.24, 2.45) is 5.92 Å². The Hall–Kier alpha value is -1.53. The summed E-state index contributed by atoms with van der Waals surface area (Å²) in [4.78, 5) is 32.1. The molecule has 26 heavy (non-hydrogen) atoms. The molecule has 0 fully saturated rings. The van der Waals surface area contributed by atoms with E-state index in [1.165, 1.54) is 12.5 Å². The van der Waals surface area contributed by atoms with Crippen molar-refractivity contribution >= 4 is 5.97 Å². The average Bonchev–Trinajstić information content (AvgIpc) is 2.65. The van der Waals surface area contributed by atoms with E-state index in [0.29, 0.717) is 32.7 Å². The normalized spacial score (nSPS) is 12.6. The van der Waals surface area contributed by atoms with E-state index in [0.717, 1.165) is 38.5 Å². The molecular formula is C20H36O6. The van der Waals surface area contributed by atoms with Crippen LogP contribution in [0.15, 0.2) is 24.7 Å². The molecule has 0 aliphatic carbocycles. The molecule has 0 aromatic heterocycles. The van der Waals surface area contributed by atoms with Crippen LogP contribution < -0.4 is 0 Å². The number of hydrogen-bond donors (Lipinski definition) is 0. The number of hydrogen-bond acceptors (Lipinski definition) is 6. The molecule has 0 radical (unpaired) electrons. The molecule has 1 unspecified atom stereocenters. The van der Waals surface area contributed by atoms with Crippen molar-refractivity contribution in [3.05, 3.63) is 24.7 Å². The lowest BCUT2D eigenvalue weighted by atomic mass is 10.0. The highest BCUT2D eigenvalue weighted by atomic mass is 17.2. The Morgan fingerprint density at radius 3 is 1.69 bits per heavy atom. The molecule has 1 atom stereocenters. The Balaban J connectivity index is 4.21. The average molecular weight is 373 g/mol. The Kier molecular flexibility index (Phi) is 18.6. The first-order valence-electron chi connectivity index (χ1n) is 9.79. The van der Waals surface area contributed by atoms with E-state index in [-0.39, 0.29) is 11.9 Å². The van der Waals surface area contributed by atoms with Crippen LogP contribution in [0.3, 0.4) is 0 Å². The van der Waals surface area contributed by atoms with Gasteiger partial charge in [-0.2, -0.15) is 9.78 Å². The second-order valence-corrected chi connectivity index (χ2v) is 5.98. The van der Waals surface area contributed by atoms with Gasteiger partial charge in [0.25, 0.3) is 0 Å². The second kappa shape index (κ2) is 19.8. The van der Waals surface area contributed by atoms with Crippen molar-refractivity contribution in [1.82, 2.24) is 0 Å². The minimum Gasteiger partial charge on any atom is -0.465 e. The van der Waals surface area contributed by atoms with Gasteiger partial charge in [-0.15, -0.1) is 0 Å². The molecule has 0 aromatic rings. The number of allylic oxidation sites excluding steroid dienone is 2. The van der Waals surface area contributed by atoms with E-state index in [2.05, 4.69) is 20.8 Å². The van der Waals surface area contributed by atoms with Gasteiger partial charge in [-0.05, 0) is 44.3 Å². The van der Waals surface area contributed by atoms with E-state index in [1.54, 1.807) is 12.2 Å². The van der Waals surface area contributed by atoms with Gasteiger partial charge >= 0.3 is 5.97 Å². The Morgan fingerprint density at radius 1 is 0.769 bits per heavy atom. The third-order valence-corrected chi connectivity index (χ3v) is 3.52. The largest absolute Gasteiger partial charge is 0.465 e. The van der Waals surface area contributed by atoms with Gasteiger partial charge in [0.05, 0.1) is 25.7 Å². The molecule has 0 bridgehead atoms. The summed E-state index contributed by atoms with van der Waals surface area (Å²) in [5.74, 6) is -0.510. The van der Waals surface area contributed by atoms with Crippen molar-refractivity contribution in [1.29, 1.82) is 0 Å². The first kappa shape index (κ1) is 24.5. The van der Waals surface area contributed by atoms with Crippen molar-refractivity contribution < 1.29 is 29.1 Å². The lowest BCUT2D eigenvalue weighted by Gasteiger charge is -2.12. The SMILES string of the molecule is CCCCOO/C=C\CC(C/C=C/OOCCCC)C(=O)OCCCC. The van der Waals surface area contributed by atoms with Crippen LogP contribution in [-0.2, 0) is 29.1 Å². The zero-order valence-corrected chi connectivity index (χ0v) is 16.6. The molecule has 152 valence electrons.